The van der Waals surface area contributed by atoms with E-state index < -0.39 is 0 Å². The average Bonchev–Trinajstić information content (AvgIpc) is 3.09. The molecular weight excluding hydrogens is 326 g/mol. The zero-order valence-corrected chi connectivity index (χ0v) is 15.3. The molecule has 0 radical (unpaired) electrons. The van der Waals surface area contributed by atoms with Gasteiger partial charge in [0.2, 0.25) is 0 Å². The maximum atomic E-state index is 10.7. The van der Waals surface area contributed by atoms with Crippen molar-refractivity contribution in [3.05, 3.63) is 36.0 Å². The quantitative estimate of drug-likeness (QED) is 0.767. The largest absolute Gasteiger partial charge is 0.369 e. The van der Waals surface area contributed by atoms with Crippen LogP contribution >= 0.6 is 0 Å². The molecule has 1 fully saturated rings. The Labute approximate surface area is 154 Å². The van der Waals surface area contributed by atoms with Crippen LogP contribution in [0.25, 0.3) is 11.4 Å². The van der Waals surface area contributed by atoms with Crippen molar-refractivity contribution < 1.29 is 4.79 Å². The summed E-state index contributed by atoms with van der Waals surface area (Å²) >= 11 is 0. The van der Waals surface area contributed by atoms with E-state index in [1.165, 1.54) is 11.3 Å². The van der Waals surface area contributed by atoms with Crippen molar-refractivity contribution in [3.8, 4) is 11.4 Å². The first-order chi connectivity index (χ1) is 12.7. The van der Waals surface area contributed by atoms with Gasteiger partial charge in [0.1, 0.15) is 12.1 Å². The minimum absolute atomic E-state index is 0.540. The molecule has 2 aliphatic rings. The third-order valence-electron chi connectivity index (χ3n) is 5.30. The van der Waals surface area contributed by atoms with Crippen LogP contribution in [-0.2, 0) is 11.2 Å². The number of aromatic nitrogens is 2. The Bertz CT molecular complexity index is 768. The van der Waals surface area contributed by atoms with E-state index in [4.69, 9.17) is 4.98 Å². The van der Waals surface area contributed by atoms with E-state index in [9.17, 15) is 4.79 Å². The minimum atomic E-state index is 0.540. The van der Waals surface area contributed by atoms with Crippen molar-refractivity contribution in [3.63, 3.8) is 0 Å². The maximum Gasteiger partial charge on any atom is 0.161 e. The number of rotatable bonds is 5. The van der Waals surface area contributed by atoms with E-state index in [1.807, 2.05) is 6.20 Å². The zero-order valence-electron chi connectivity index (χ0n) is 15.3. The van der Waals surface area contributed by atoms with Gasteiger partial charge in [0.25, 0.3) is 0 Å². The lowest BCUT2D eigenvalue weighted by Crippen LogP contribution is -2.44. The number of hydrogen-bond acceptors (Lipinski definition) is 6. The van der Waals surface area contributed by atoms with E-state index in [2.05, 4.69) is 51.0 Å². The Morgan fingerprint density at radius 3 is 2.58 bits per heavy atom. The summed E-state index contributed by atoms with van der Waals surface area (Å²) in [7, 11) is 2.17. The van der Waals surface area contributed by atoms with Crippen LogP contribution in [0.15, 0.2) is 30.5 Å². The predicted molar refractivity (Wildman–Crippen MR) is 104 cm³/mol. The van der Waals surface area contributed by atoms with Crippen LogP contribution in [0, 0.1) is 0 Å². The number of likely N-dealkylation sites (N-methyl/N-ethyl adjacent to an activating group) is 1. The van der Waals surface area contributed by atoms with Crippen LogP contribution in [0.1, 0.15) is 12.0 Å². The van der Waals surface area contributed by atoms with E-state index in [1.54, 1.807) is 0 Å². The molecule has 0 spiro atoms. The molecule has 0 bridgehead atoms. The molecule has 2 aromatic rings. The highest BCUT2D eigenvalue weighted by Crippen LogP contribution is 2.28. The number of piperazine rings is 1. The number of benzene rings is 1. The molecule has 2 aliphatic heterocycles. The lowest BCUT2D eigenvalue weighted by Gasteiger charge is -2.34. The molecule has 0 atom stereocenters. The molecule has 0 amide bonds. The fourth-order valence-electron chi connectivity index (χ4n) is 3.66. The SMILES string of the molecule is CN1CCN(c2ccc(-c3ncc4c(n3)N(CCC=O)CC4)cc2)CC1. The van der Waals surface area contributed by atoms with Crippen molar-refractivity contribution in [1.82, 2.24) is 14.9 Å². The number of aldehydes is 1. The number of fused-ring (bicyclic) bond motifs is 1. The molecule has 136 valence electrons. The van der Waals surface area contributed by atoms with Gasteiger partial charge in [-0.05, 0) is 37.7 Å². The monoisotopic (exact) mass is 351 g/mol. The van der Waals surface area contributed by atoms with Gasteiger partial charge in [-0.15, -0.1) is 0 Å². The molecule has 1 aromatic carbocycles. The van der Waals surface area contributed by atoms with Crippen LogP contribution < -0.4 is 9.80 Å². The van der Waals surface area contributed by atoms with Crippen LogP contribution in [0.3, 0.4) is 0 Å². The van der Waals surface area contributed by atoms with E-state index in [0.717, 1.165) is 69.2 Å². The summed E-state index contributed by atoms with van der Waals surface area (Å²) in [4.78, 5) is 27.0. The fraction of sp³-hybridized carbons (Fsp3) is 0.450. The van der Waals surface area contributed by atoms with Crippen LogP contribution in [0.4, 0.5) is 11.5 Å². The summed E-state index contributed by atoms with van der Waals surface area (Å²) in [6.07, 6.45) is 4.40. The Morgan fingerprint density at radius 1 is 1.08 bits per heavy atom. The second kappa shape index (κ2) is 7.41. The molecule has 0 N–H and O–H groups in total. The first kappa shape index (κ1) is 17.0. The van der Waals surface area contributed by atoms with Crippen LogP contribution in [0.5, 0.6) is 0 Å². The van der Waals surface area contributed by atoms with Gasteiger partial charge >= 0.3 is 0 Å². The zero-order chi connectivity index (χ0) is 17.9. The van der Waals surface area contributed by atoms with Gasteiger partial charge in [0.05, 0.1) is 0 Å². The highest BCUT2D eigenvalue weighted by atomic mass is 16.1. The number of nitrogens with zero attached hydrogens (tertiary/aromatic N) is 5. The maximum absolute atomic E-state index is 10.7. The molecule has 1 saturated heterocycles. The van der Waals surface area contributed by atoms with E-state index in [0.29, 0.717) is 6.42 Å². The van der Waals surface area contributed by atoms with Crippen LogP contribution in [-0.4, -0.2) is 67.5 Å². The van der Waals surface area contributed by atoms with Gasteiger partial charge < -0.3 is 19.5 Å². The second-order valence-corrected chi connectivity index (χ2v) is 7.07. The first-order valence-electron chi connectivity index (χ1n) is 9.33. The summed E-state index contributed by atoms with van der Waals surface area (Å²) < 4.78 is 0. The van der Waals surface area contributed by atoms with Gasteiger partial charge in [-0.2, -0.15) is 0 Å². The highest BCUT2D eigenvalue weighted by molar-refractivity contribution is 5.64. The summed E-state index contributed by atoms with van der Waals surface area (Å²) in [5.74, 6) is 1.74. The van der Waals surface area contributed by atoms with Gasteiger partial charge in [0.15, 0.2) is 5.82 Å². The smallest absolute Gasteiger partial charge is 0.161 e. The van der Waals surface area contributed by atoms with Gasteiger partial charge in [0, 0.05) is 68.7 Å². The topological polar surface area (TPSA) is 52.6 Å². The number of carbonyl (C=O) groups excluding carboxylic acids is 1. The highest BCUT2D eigenvalue weighted by Gasteiger charge is 2.21. The lowest BCUT2D eigenvalue weighted by atomic mass is 10.1. The Hall–Kier alpha value is -2.47. The summed E-state index contributed by atoms with van der Waals surface area (Å²) in [6.45, 7) is 5.99. The van der Waals surface area contributed by atoms with Crippen molar-refractivity contribution in [2.45, 2.75) is 12.8 Å². The molecule has 3 heterocycles. The second-order valence-electron chi connectivity index (χ2n) is 7.07. The predicted octanol–water partition coefficient (Wildman–Crippen LogP) is 1.85. The van der Waals surface area contributed by atoms with Crippen LogP contribution in [0.2, 0.25) is 0 Å². The molecular formula is C20H25N5O. The Kier molecular flexibility index (Phi) is 4.84. The molecule has 0 saturated carbocycles. The Balaban J connectivity index is 1.52. The first-order valence-corrected chi connectivity index (χ1v) is 9.33. The standard InChI is InChI=1S/C20H25N5O/c1-23-10-12-24(13-11-23)18-5-3-16(4-6-18)19-21-15-17-7-9-25(8-2-14-26)20(17)22-19/h3-6,14-15H,2,7-13H2,1H3. The summed E-state index contributed by atoms with van der Waals surface area (Å²) in [5.41, 5.74) is 3.47. The molecule has 6 heteroatoms. The normalized spacial score (nSPS) is 17.4. The minimum Gasteiger partial charge on any atom is -0.369 e. The average molecular weight is 351 g/mol. The van der Waals surface area contributed by atoms with Crippen molar-refractivity contribution in [2.24, 2.45) is 0 Å². The molecule has 1 aromatic heterocycles. The number of carbonyl (C=O) groups is 1. The molecule has 0 unspecified atom stereocenters. The third kappa shape index (κ3) is 3.42. The fourth-order valence-corrected chi connectivity index (χ4v) is 3.66. The van der Waals surface area contributed by atoms with Gasteiger partial charge in [-0.3, -0.25) is 0 Å². The summed E-state index contributed by atoms with van der Waals surface area (Å²) in [6, 6.07) is 8.56. The van der Waals surface area contributed by atoms with Gasteiger partial charge in [-0.1, -0.05) is 0 Å². The summed E-state index contributed by atoms with van der Waals surface area (Å²) in [5, 5.41) is 0. The van der Waals surface area contributed by atoms with Crippen molar-refractivity contribution in [1.29, 1.82) is 0 Å². The third-order valence-corrected chi connectivity index (χ3v) is 5.30. The number of hydrogen-bond donors (Lipinski definition) is 0. The number of anilines is 2. The van der Waals surface area contributed by atoms with E-state index >= 15 is 0 Å². The van der Waals surface area contributed by atoms with Gasteiger partial charge in [-0.25, -0.2) is 9.97 Å². The van der Waals surface area contributed by atoms with E-state index in [-0.39, 0.29) is 0 Å². The lowest BCUT2D eigenvalue weighted by molar-refractivity contribution is -0.107. The molecule has 4 rings (SSSR count). The van der Waals surface area contributed by atoms with Crippen molar-refractivity contribution >= 4 is 17.8 Å². The molecule has 0 aliphatic carbocycles. The Morgan fingerprint density at radius 2 is 1.85 bits per heavy atom. The van der Waals surface area contributed by atoms with Crippen molar-refractivity contribution in [2.75, 3.05) is 56.1 Å². The molecule has 6 nitrogen and oxygen atoms in total. The molecule has 26 heavy (non-hydrogen) atoms.